The van der Waals surface area contributed by atoms with Crippen molar-refractivity contribution >= 4 is 64.0 Å². The van der Waals surface area contributed by atoms with Crippen molar-refractivity contribution in [2.75, 3.05) is 5.32 Å². The molecule has 0 radical (unpaired) electrons. The van der Waals surface area contributed by atoms with Crippen LogP contribution in [0.15, 0.2) is 53.7 Å². The van der Waals surface area contributed by atoms with E-state index in [9.17, 15) is 0 Å². The Balaban J connectivity index is 1.97. The SMILES string of the molecule is Clc1cc(Cl)cc(N=C/C=C/Nc2cc(Cl)cc(Cl)c2)c1. The molecule has 2 rings (SSSR count). The summed E-state index contributed by atoms with van der Waals surface area (Å²) >= 11 is 23.6. The lowest BCUT2D eigenvalue weighted by Crippen LogP contribution is -1.87. The van der Waals surface area contributed by atoms with Gasteiger partial charge in [-0.25, -0.2) is 0 Å². The molecular formula is C15H10Cl4N2. The second-order valence-electron chi connectivity index (χ2n) is 4.07. The number of hydrogen-bond acceptors (Lipinski definition) is 2. The molecule has 0 bridgehead atoms. The van der Waals surface area contributed by atoms with E-state index in [0.29, 0.717) is 25.8 Å². The summed E-state index contributed by atoms with van der Waals surface area (Å²) in [6.07, 6.45) is 5.09. The molecule has 0 aromatic heterocycles. The van der Waals surface area contributed by atoms with E-state index >= 15 is 0 Å². The second-order valence-corrected chi connectivity index (χ2v) is 5.81. The minimum Gasteiger partial charge on any atom is -0.362 e. The van der Waals surface area contributed by atoms with E-state index < -0.39 is 0 Å². The van der Waals surface area contributed by atoms with Crippen LogP contribution in [0.2, 0.25) is 20.1 Å². The van der Waals surface area contributed by atoms with Crippen molar-refractivity contribution in [2.45, 2.75) is 0 Å². The molecule has 0 spiro atoms. The van der Waals surface area contributed by atoms with Crippen LogP contribution in [0.5, 0.6) is 0 Å². The average molecular weight is 360 g/mol. The van der Waals surface area contributed by atoms with Gasteiger partial charge in [-0.2, -0.15) is 0 Å². The van der Waals surface area contributed by atoms with Crippen molar-refractivity contribution in [1.29, 1.82) is 0 Å². The van der Waals surface area contributed by atoms with Crippen LogP contribution >= 0.6 is 46.4 Å². The van der Waals surface area contributed by atoms with Crippen molar-refractivity contribution < 1.29 is 0 Å². The number of nitrogens with zero attached hydrogens (tertiary/aromatic N) is 1. The quantitative estimate of drug-likeness (QED) is 0.608. The Bertz CT molecular complexity index is 656. The first-order chi connectivity index (χ1) is 10.0. The Morgan fingerprint density at radius 1 is 0.762 bits per heavy atom. The fourth-order valence-corrected chi connectivity index (χ4v) is 2.61. The number of halogens is 4. The van der Waals surface area contributed by atoms with Crippen molar-refractivity contribution in [3.63, 3.8) is 0 Å². The molecule has 2 aromatic carbocycles. The van der Waals surface area contributed by atoms with E-state index in [0.717, 1.165) is 5.69 Å². The van der Waals surface area contributed by atoms with Crippen molar-refractivity contribution in [1.82, 2.24) is 0 Å². The van der Waals surface area contributed by atoms with Crippen LogP contribution in [0.25, 0.3) is 0 Å². The molecular weight excluding hydrogens is 350 g/mol. The maximum absolute atomic E-state index is 5.90. The Labute approximate surface area is 143 Å². The van der Waals surface area contributed by atoms with E-state index in [1.807, 2.05) is 0 Å². The van der Waals surface area contributed by atoms with Crippen LogP contribution in [0, 0.1) is 0 Å². The summed E-state index contributed by atoms with van der Waals surface area (Å²) in [6.45, 7) is 0. The third-order valence-electron chi connectivity index (χ3n) is 2.37. The number of allylic oxidation sites excluding steroid dienone is 1. The van der Waals surface area contributed by atoms with Crippen molar-refractivity contribution in [3.05, 3.63) is 68.8 Å². The molecule has 0 atom stereocenters. The lowest BCUT2D eigenvalue weighted by Gasteiger charge is -2.01. The summed E-state index contributed by atoms with van der Waals surface area (Å²) in [4.78, 5) is 4.22. The van der Waals surface area contributed by atoms with Gasteiger partial charge in [-0.3, -0.25) is 4.99 Å². The van der Waals surface area contributed by atoms with E-state index in [2.05, 4.69) is 10.3 Å². The highest BCUT2D eigenvalue weighted by Gasteiger charge is 1.96. The first kappa shape index (κ1) is 16.2. The predicted molar refractivity (Wildman–Crippen MR) is 93.8 cm³/mol. The van der Waals surface area contributed by atoms with E-state index in [-0.39, 0.29) is 0 Å². The molecule has 6 heteroatoms. The van der Waals surface area contributed by atoms with Crippen LogP contribution in [0.1, 0.15) is 0 Å². The van der Waals surface area contributed by atoms with Gasteiger partial charge >= 0.3 is 0 Å². The molecule has 0 saturated heterocycles. The van der Waals surface area contributed by atoms with Crippen LogP contribution in [0.3, 0.4) is 0 Å². The Morgan fingerprint density at radius 3 is 1.86 bits per heavy atom. The highest BCUT2D eigenvalue weighted by atomic mass is 35.5. The molecule has 0 aliphatic heterocycles. The Kier molecular flexibility index (Phi) is 5.95. The summed E-state index contributed by atoms with van der Waals surface area (Å²) in [5, 5.41) is 5.28. The smallest absolute Gasteiger partial charge is 0.0659 e. The van der Waals surface area contributed by atoms with Gasteiger partial charge in [0, 0.05) is 38.2 Å². The molecule has 0 aliphatic carbocycles. The zero-order valence-corrected chi connectivity index (χ0v) is 13.7. The van der Waals surface area contributed by atoms with Gasteiger partial charge in [0.05, 0.1) is 5.69 Å². The van der Waals surface area contributed by atoms with Crippen molar-refractivity contribution in [2.24, 2.45) is 4.99 Å². The van der Waals surface area contributed by atoms with E-state index in [1.54, 1.807) is 54.9 Å². The molecule has 0 unspecified atom stereocenters. The Morgan fingerprint density at radius 2 is 1.29 bits per heavy atom. The minimum absolute atomic E-state index is 0.547. The maximum atomic E-state index is 5.90. The van der Waals surface area contributed by atoms with Crippen molar-refractivity contribution in [3.8, 4) is 0 Å². The molecule has 2 aromatic rings. The van der Waals surface area contributed by atoms with Crippen LogP contribution in [0.4, 0.5) is 11.4 Å². The number of anilines is 1. The third kappa shape index (κ3) is 5.60. The molecule has 2 nitrogen and oxygen atoms in total. The highest BCUT2D eigenvalue weighted by Crippen LogP contribution is 2.24. The lowest BCUT2D eigenvalue weighted by atomic mass is 10.3. The van der Waals surface area contributed by atoms with Crippen LogP contribution in [-0.2, 0) is 0 Å². The normalized spacial score (nSPS) is 11.4. The number of nitrogens with one attached hydrogen (secondary N) is 1. The zero-order valence-electron chi connectivity index (χ0n) is 10.7. The summed E-state index contributed by atoms with van der Waals surface area (Å²) < 4.78 is 0. The second kappa shape index (κ2) is 7.71. The molecule has 0 fully saturated rings. The van der Waals surface area contributed by atoms with Crippen LogP contribution < -0.4 is 5.32 Å². The van der Waals surface area contributed by atoms with Crippen LogP contribution in [-0.4, -0.2) is 6.21 Å². The summed E-state index contributed by atoms with van der Waals surface area (Å²) in [5.74, 6) is 0. The van der Waals surface area contributed by atoms with Gasteiger partial charge in [-0.05, 0) is 42.5 Å². The van der Waals surface area contributed by atoms with Gasteiger partial charge in [-0.15, -0.1) is 0 Å². The lowest BCUT2D eigenvalue weighted by molar-refractivity contribution is 1.53. The van der Waals surface area contributed by atoms with Gasteiger partial charge in [0.15, 0.2) is 0 Å². The fourth-order valence-electron chi connectivity index (χ4n) is 1.57. The molecule has 1 N–H and O–H groups in total. The van der Waals surface area contributed by atoms with Gasteiger partial charge < -0.3 is 5.32 Å². The number of hydrogen-bond donors (Lipinski definition) is 1. The first-order valence-corrected chi connectivity index (χ1v) is 7.42. The topological polar surface area (TPSA) is 24.4 Å². The maximum Gasteiger partial charge on any atom is 0.0659 e. The van der Waals surface area contributed by atoms with E-state index in [4.69, 9.17) is 46.4 Å². The number of aliphatic imine (C=N–C) groups is 1. The number of rotatable bonds is 4. The highest BCUT2D eigenvalue weighted by molar-refractivity contribution is 6.35. The largest absolute Gasteiger partial charge is 0.362 e. The minimum atomic E-state index is 0.547. The molecule has 0 saturated carbocycles. The average Bonchev–Trinajstić information content (AvgIpc) is 2.36. The monoisotopic (exact) mass is 358 g/mol. The first-order valence-electron chi connectivity index (χ1n) is 5.91. The molecule has 0 aliphatic rings. The summed E-state index contributed by atoms with van der Waals surface area (Å²) in [6, 6.07) is 10.3. The zero-order chi connectivity index (χ0) is 15.2. The summed E-state index contributed by atoms with van der Waals surface area (Å²) in [5.41, 5.74) is 1.48. The summed E-state index contributed by atoms with van der Waals surface area (Å²) in [7, 11) is 0. The molecule has 108 valence electrons. The van der Waals surface area contributed by atoms with Gasteiger partial charge in [0.2, 0.25) is 0 Å². The third-order valence-corrected chi connectivity index (χ3v) is 3.24. The molecule has 21 heavy (non-hydrogen) atoms. The number of benzene rings is 2. The fraction of sp³-hybridized carbons (Fsp3) is 0. The molecule has 0 amide bonds. The van der Waals surface area contributed by atoms with Gasteiger partial charge in [0.1, 0.15) is 0 Å². The molecule has 0 heterocycles. The van der Waals surface area contributed by atoms with Gasteiger partial charge in [0.25, 0.3) is 0 Å². The standard InChI is InChI=1S/C15H10Cl4N2/c16-10-4-11(17)7-14(6-10)20-2-1-3-21-15-8-12(18)5-13(19)9-15/h1-9,20H/b2-1+,21-3?. The van der Waals surface area contributed by atoms with E-state index in [1.165, 1.54) is 0 Å². The van der Waals surface area contributed by atoms with Gasteiger partial charge in [-0.1, -0.05) is 46.4 Å². The predicted octanol–water partition coefficient (Wildman–Crippen LogP) is 6.63. The Hall–Kier alpha value is -1.19.